The number of nitrogens with one attached hydrogen (secondary N) is 3. The van der Waals surface area contributed by atoms with Gasteiger partial charge in [-0.15, -0.1) is 0 Å². The zero-order valence-corrected chi connectivity index (χ0v) is 20.8. The Morgan fingerprint density at radius 2 is 1.89 bits per heavy atom. The number of anilines is 1. The molecule has 0 aliphatic heterocycles. The Labute approximate surface area is 217 Å². The molecule has 3 N–H and O–H groups in total. The Morgan fingerprint density at radius 1 is 0.973 bits per heavy atom. The Bertz CT molecular complexity index is 1740. The van der Waals surface area contributed by atoms with Crippen molar-refractivity contribution in [1.29, 1.82) is 0 Å². The minimum absolute atomic E-state index is 0.0956. The molecule has 1 aliphatic carbocycles. The Hall–Kier alpha value is -4.30. The summed E-state index contributed by atoms with van der Waals surface area (Å²) in [7, 11) is 0. The summed E-state index contributed by atoms with van der Waals surface area (Å²) in [6.45, 7) is 0. The number of aromatic amines is 2. The largest absolute Gasteiger partial charge is 0.338 e. The SMILES string of the molecule is O=C(Nc1cncc(-c2ccc3[nH]nc(-c4cc5c(-c6ccsc6)ccnc5[nH]4)c3c2)c1)C1CCCC1. The Kier molecular flexibility index (Phi) is 5.32. The van der Waals surface area contributed by atoms with Gasteiger partial charge in [-0.2, -0.15) is 16.4 Å². The van der Waals surface area contributed by atoms with E-state index in [1.807, 2.05) is 36.7 Å². The van der Waals surface area contributed by atoms with Gasteiger partial charge in [-0.1, -0.05) is 18.9 Å². The molecule has 0 radical (unpaired) electrons. The van der Waals surface area contributed by atoms with Gasteiger partial charge in [0.05, 0.1) is 23.1 Å². The predicted octanol–water partition coefficient (Wildman–Crippen LogP) is 7.03. The third-order valence-electron chi connectivity index (χ3n) is 7.25. The van der Waals surface area contributed by atoms with Crippen LogP contribution in [0, 0.1) is 5.92 Å². The van der Waals surface area contributed by atoms with Crippen LogP contribution in [0.1, 0.15) is 25.7 Å². The normalized spacial score (nSPS) is 14.1. The molecule has 6 aromatic rings. The molecule has 5 aromatic heterocycles. The third kappa shape index (κ3) is 3.99. The Balaban J connectivity index is 1.25. The highest BCUT2D eigenvalue weighted by Crippen LogP contribution is 2.35. The molecule has 0 atom stereocenters. The second kappa shape index (κ2) is 8.97. The van der Waals surface area contributed by atoms with Crippen LogP contribution < -0.4 is 5.32 Å². The van der Waals surface area contributed by atoms with E-state index >= 15 is 0 Å². The zero-order chi connectivity index (χ0) is 24.8. The number of rotatable bonds is 5. The highest BCUT2D eigenvalue weighted by Gasteiger charge is 2.23. The fourth-order valence-corrected chi connectivity index (χ4v) is 5.98. The molecule has 0 bridgehead atoms. The van der Waals surface area contributed by atoms with Crippen LogP contribution in [0.15, 0.2) is 71.8 Å². The van der Waals surface area contributed by atoms with Gasteiger partial charge in [0.2, 0.25) is 5.91 Å². The van der Waals surface area contributed by atoms with Crippen LogP contribution in [-0.4, -0.2) is 31.1 Å². The molecule has 0 spiro atoms. The van der Waals surface area contributed by atoms with E-state index in [2.05, 4.69) is 59.4 Å². The van der Waals surface area contributed by atoms with E-state index in [0.29, 0.717) is 0 Å². The molecular formula is C29H24N6OS. The van der Waals surface area contributed by atoms with Crippen molar-refractivity contribution in [2.75, 3.05) is 5.32 Å². The van der Waals surface area contributed by atoms with E-state index < -0.39 is 0 Å². The van der Waals surface area contributed by atoms with Crippen LogP contribution in [0.2, 0.25) is 0 Å². The van der Waals surface area contributed by atoms with Gasteiger partial charge >= 0.3 is 0 Å². The van der Waals surface area contributed by atoms with Gasteiger partial charge in [0, 0.05) is 34.6 Å². The van der Waals surface area contributed by atoms with Crippen LogP contribution in [0.25, 0.3) is 55.6 Å². The molecule has 0 saturated heterocycles. The lowest BCUT2D eigenvalue weighted by Crippen LogP contribution is -2.20. The van der Waals surface area contributed by atoms with Crippen molar-refractivity contribution in [2.45, 2.75) is 25.7 Å². The lowest BCUT2D eigenvalue weighted by atomic mass is 10.0. The van der Waals surface area contributed by atoms with E-state index in [4.69, 9.17) is 0 Å². The van der Waals surface area contributed by atoms with Gasteiger partial charge in [0.1, 0.15) is 11.3 Å². The lowest BCUT2D eigenvalue weighted by molar-refractivity contribution is -0.119. The number of aromatic nitrogens is 5. The predicted molar refractivity (Wildman–Crippen MR) is 148 cm³/mol. The first-order valence-corrected chi connectivity index (χ1v) is 13.4. The molecule has 0 unspecified atom stereocenters. The number of pyridine rings is 2. The third-order valence-corrected chi connectivity index (χ3v) is 7.93. The number of thiophene rings is 1. The molecule has 1 saturated carbocycles. The summed E-state index contributed by atoms with van der Waals surface area (Å²) < 4.78 is 0. The number of amides is 1. The highest BCUT2D eigenvalue weighted by atomic mass is 32.1. The molecule has 1 aliphatic rings. The number of benzene rings is 1. The van der Waals surface area contributed by atoms with Crippen molar-refractivity contribution in [1.82, 2.24) is 25.1 Å². The van der Waals surface area contributed by atoms with Crippen LogP contribution in [0.5, 0.6) is 0 Å². The highest BCUT2D eigenvalue weighted by molar-refractivity contribution is 7.08. The maximum atomic E-state index is 12.6. The van der Waals surface area contributed by atoms with Crippen LogP contribution >= 0.6 is 11.3 Å². The van der Waals surface area contributed by atoms with Crippen molar-refractivity contribution in [3.05, 3.63) is 71.8 Å². The van der Waals surface area contributed by atoms with Gasteiger partial charge in [-0.25, -0.2) is 4.98 Å². The number of nitrogens with zero attached hydrogens (tertiary/aromatic N) is 3. The van der Waals surface area contributed by atoms with Crippen molar-refractivity contribution in [3.63, 3.8) is 0 Å². The maximum Gasteiger partial charge on any atom is 0.227 e. The zero-order valence-electron chi connectivity index (χ0n) is 20.0. The molecule has 182 valence electrons. The van der Waals surface area contributed by atoms with Crippen LogP contribution in [0.3, 0.4) is 0 Å². The Morgan fingerprint density at radius 3 is 2.76 bits per heavy atom. The van der Waals surface area contributed by atoms with Gasteiger partial charge < -0.3 is 10.3 Å². The number of hydrogen-bond acceptors (Lipinski definition) is 5. The number of H-pyrrole nitrogens is 2. The van der Waals surface area contributed by atoms with Gasteiger partial charge in [-0.05, 0) is 76.7 Å². The summed E-state index contributed by atoms with van der Waals surface area (Å²) in [4.78, 5) is 25.0. The quantitative estimate of drug-likeness (QED) is 0.235. The monoisotopic (exact) mass is 504 g/mol. The first kappa shape index (κ1) is 21.9. The van der Waals surface area contributed by atoms with E-state index in [1.54, 1.807) is 17.5 Å². The average Bonchev–Trinajstić information content (AvgIpc) is 3.74. The molecule has 1 fully saturated rings. The summed E-state index contributed by atoms with van der Waals surface area (Å²) in [6, 6.07) is 14.5. The molecule has 8 heteroatoms. The van der Waals surface area contributed by atoms with E-state index in [0.717, 1.165) is 81.4 Å². The van der Waals surface area contributed by atoms with E-state index in [1.165, 1.54) is 5.56 Å². The summed E-state index contributed by atoms with van der Waals surface area (Å²) in [5.41, 5.74) is 8.53. The molecule has 7 rings (SSSR count). The molecule has 1 amide bonds. The summed E-state index contributed by atoms with van der Waals surface area (Å²) >= 11 is 1.68. The minimum Gasteiger partial charge on any atom is -0.338 e. The standard InChI is InChI=1S/C29H24N6OS/c36-29(17-3-1-2-4-17)32-21-11-20(14-30-15-21)18-5-6-25-24(12-18)27(35-34-25)26-13-23-22(19-8-10-37-16-19)7-9-31-28(23)33-26/h5-17H,1-4H2,(H,31,33)(H,32,36)(H,34,35). The summed E-state index contributed by atoms with van der Waals surface area (Å²) in [5.74, 6) is 0.206. The van der Waals surface area contributed by atoms with Crippen molar-refractivity contribution in [3.8, 4) is 33.6 Å². The van der Waals surface area contributed by atoms with Crippen LogP contribution in [0.4, 0.5) is 5.69 Å². The molecular weight excluding hydrogens is 480 g/mol. The van der Waals surface area contributed by atoms with Gasteiger partial charge in [0.15, 0.2) is 0 Å². The second-order valence-electron chi connectivity index (χ2n) is 9.58. The fraction of sp³-hybridized carbons (Fsp3) is 0.172. The maximum absolute atomic E-state index is 12.6. The summed E-state index contributed by atoms with van der Waals surface area (Å²) in [5, 5.41) is 17.2. The van der Waals surface area contributed by atoms with E-state index in [-0.39, 0.29) is 11.8 Å². The number of hydrogen-bond donors (Lipinski definition) is 3. The number of fused-ring (bicyclic) bond motifs is 2. The lowest BCUT2D eigenvalue weighted by Gasteiger charge is -2.11. The number of carbonyl (C=O) groups is 1. The minimum atomic E-state index is 0.0956. The smallest absolute Gasteiger partial charge is 0.227 e. The molecule has 7 nitrogen and oxygen atoms in total. The first-order valence-electron chi connectivity index (χ1n) is 12.5. The van der Waals surface area contributed by atoms with Crippen molar-refractivity contribution in [2.24, 2.45) is 5.92 Å². The average molecular weight is 505 g/mol. The van der Waals surface area contributed by atoms with Crippen molar-refractivity contribution < 1.29 is 4.79 Å². The van der Waals surface area contributed by atoms with E-state index in [9.17, 15) is 4.79 Å². The molecule has 1 aromatic carbocycles. The van der Waals surface area contributed by atoms with Gasteiger partial charge in [-0.3, -0.25) is 14.9 Å². The topological polar surface area (TPSA) is 99.3 Å². The molecule has 37 heavy (non-hydrogen) atoms. The summed E-state index contributed by atoms with van der Waals surface area (Å²) in [6.07, 6.45) is 9.57. The first-order chi connectivity index (χ1) is 18.2. The van der Waals surface area contributed by atoms with Gasteiger partial charge in [0.25, 0.3) is 0 Å². The fourth-order valence-electron chi connectivity index (χ4n) is 5.32. The number of carbonyl (C=O) groups excluding carboxylic acids is 1. The molecule has 5 heterocycles. The van der Waals surface area contributed by atoms with Crippen LogP contribution in [-0.2, 0) is 4.79 Å². The van der Waals surface area contributed by atoms with Crippen molar-refractivity contribution >= 4 is 44.9 Å². The second-order valence-corrected chi connectivity index (χ2v) is 10.4.